The zero-order valence-electron chi connectivity index (χ0n) is 22.3. The number of aliphatic imine (C=N–C) groups is 1. The highest BCUT2D eigenvalue weighted by atomic mass is 79.9. The van der Waals surface area contributed by atoms with Gasteiger partial charge in [0.25, 0.3) is 0 Å². The van der Waals surface area contributed by atoms with E-state index in [4.69, 9.17) is 24.9 Å². The maximum atomic E-state index is 13.3. The van der Waals surface area contributed by atoms with Gasteiger partial charge in [-0.2, -0.15) is 0 Å². The molecule has 0 radical (unpaired) electrons. The molecular formula is C24H37BrN4O5SSi. The van der Waals surface area contributed by atoms with E-state index in [1.807, 2.05) is 13.0 Å². The predicted octanol–water partition coefficient (Wildman–Crippen LogP) is 4.96. The molecule has 0 unspecified atom stereocenters. The lowest BCUT2D eigenvalue weighted by molar-refractivity contribution is -0.118. The Morgan fingerprint density at radius 2 is 2.00 bits per heavy atom. The minimum atomic E-state index is -1.33. The van der Waals surface area contributed by atoms with Gasteiger partial charge in [-0.15, -0.1) is 0 Å². The summed E-state index contributed by atoms with van der Waals surface area (Å²) in [4.78, 5) is 36.9. The Bertz CT molecular complexity index is 1060. The molecule has 0 spiro atoms. The Hall–Kier alpha value is -1.63. The molecular weight excluding hydrogens is 564 g/mol. The van der Waals surface area contributed by atoms with Gasteiger partial charge in [-0.25, -0.2) is 14.7 Å². The number of amidine groups is 1. The number of fused-ring (bicyclic) bond motifs is 1. The van der Waals surface area contributed by atoms with Gasteiger partial charge in [0.2, 0.25) is 11.8 Å². The van der Waals surface area contributed by atoms with Gasteiger partial charge in [-0.1, -0.05) is 31.4 Å². The standard InChI is InChI=1S/C24H37BrN4O5SSi/c1-22(2,3)34-21(31)29(14-33-9-10-36(6,7)8)20-28-23(4,17-12-24(17,35-20)19(26)30)16-11-15(25)13-27-18(16)32-5/h11,13,17H,9-10,12,14H2,1-8H3,(H2,26,30)/t17-,23+,24-/m0/s1. The second-order valence-electron chi connectivity index (χ2n) is 11.6. The fourth-order valence-corrected chi connectivity index (χ4v) is 6.76. The van der Waals surface area contributed by atoms with Crippen molar-refractivity contribution in [3.63, 3.8) is 0 Å². The molecule has 0 bridgehead atoms. The number of aromatic nitrogens is 1. The summed E-state index contributed by atoms with van der Waals surface area (Å²) >= 11 is 4.70. The molecule has 1 aliphatic heterocycles. The lowest BCUT2D eigenvalue weighted by atomic mass is 9.86. The fourth-order valence-electron chi connectivity index (χ4n) is 4.15. The number of hydrogen-bond acceptors (Lipinski definition) is 8. The van der Waals surface area contributed by atoms with Crippen molar-refractivity contribution in [3.8, 4) is 5.88 Å². The van der Waals surface area contributed by atoms with Gasteiger partial charge in [0.05, 0.1) is 12.6 Å². The van der Waals surface area contributed by atoms with E-state index in [9.17, 15) is 9.59 Å². The summed E-state index contributed by atoms with van der Waals surface area (Å²) < 4.78 is 17.0. The molecule has 0 aromatic carbocycles. The van der Waals surface area contributed by atoms with Gasteiger partial charge in [0.1, 0.15) is 17.1 Å². The summed E-state index contributed by atoms with van der Waals surface area (Å²) in [7, 11) is 0.210. The van der Waals surface area contributed by atoms with Crippen LogP contribution in [0.1, 0.15) is 39.7 Å². The molecule has 3 atom stereocenters. The molecule has 1 fully saturated rings. The van der Waals surface area contributed by atoms with Crippen LogP contribution in [-0.2, 0) is 19.8 Å². The highest BCUT2D eigenvalue weighted by Gasteiger charge is 2.71. The molecule has 12 heteroatoms. The SMILES string of the molecule is COc1ncc(Br)cc1[C@@]1(C)N=C(N(COCC[Si](C)(C)C)C(=O)OC(C)(C)C)S[C@@]2(C(N)=O)C[C@H]21. The fraction of sp³-hybridized carbons (Fsp3) is 0.667. The first-order valence-electron chi connectivity index (χ1n) is 11.9. The molecule has 0 saturated heterocycles. The second kappa shape index (κ2) is 10.3. The molecule has 3 rings (SSSR count). The topological polar surface area (TPSA) is 116 Å². The largest absolute Gasteiger partial charge is 0.481 e. The predicted molar refractivity (Wildman–Crippen MR) is 148 cm³/mol. The minimum absolute atomic E-state index is 0.0469. The van der Waals surface area contributed by atoms with Crippen LogP contribution in [0, 0.1) is 5.92 Å². The van der Waals surface area contributed by atoms with E-state index in [1.165, 1.54) is 16.7 Å². The normalized spacial score (nSPS) is 25.5. The third-order valence-corrected chi connectivity index (χ3v) is 9.87. The second-order valence-corrected chi connectivity index (χ2v) is 19.5. The number of nitrogens with two attached hydrogens (primary N) is 1. The maximum absolute atomic E-state index is 13.3. The number of halogens is 1. The van der Waals surface area contributed by atoms with Crippen molar-refractivity contribution in [1.29, 1.82) is 0 Å². The van der Waals surface area contributed by atoms with Crippen molar-refractivity contribution in [2.75, 3.05) is 20.4 Å². The van der Waals surface area contributed by atoms with E-state index in [0.717, 1.165) is 10.5 Å². The van der Waals surface area contributed by atoms with E-state index in [0.29, 0.717) is 29.6 Å². The summed E-state index contributed by atoms with van der Waals surface area (Å²) in [5.41, 5.74) is 4.98. The molecule has 1 saturated carbocycles. The Morgan fingerprint density at radius 1 is 1.33 bits per heavy atom. The third-order valence-electron chi connectivity index (χ3n) is 6.23. The number of pyridine rings is 1. The Labute approximate surface area is 227 Å². The number of nitrogens with zero attached hydrogens (tertiary/aromatic N) is 3. The van der Waals surface area contributed by atoms with Crippen LogP contribution in [0.3, 0.4) is 0 Å². The number of methoxy groups -OCH3 is 1. The zero-order valence-corrected chi connectivity index (χ0v) is 25.7. The molecule has 1 aliphatic carbocycles. The number of rotatable bonds is 8. The van der Waals surface area contributed by atoms with Crippen LogP contribution in [0.2, 0.25) is 25.7 Å². The van der Waals surface area contributed by atoms with E-state index >= 15 is 0 Å². The number of primary amides is 1. The minimum Gasteiger partial charge on any atom is -0.481 e. The molecule has 2 amide bonds. The zero-order chi connectivity index (χ0) is 27.1. The lowest BCUT2D eigenvalue weighted by Crippen LogP contribution is -2.48. The summed E-state index contributed by atoms with van der Waals surface area (Å²) in [6, 6.07) is 2.83. The average Bonchev–Trinajstić information content (AvgIpc) is 3.49. The average molecular weight is 602 g/mol. The number of carbonyl (C=O) groups is 2. The van der Waals surface area contributed by atoms with Gasteiger partial charge in [-0.05, 0) is 62.2 Å². The maximum Gasteiger partial charge on any atom is 0.418 e. The van der Waals surface area contributed by atoms with Crippen LogP contribution in [-0.4, -0.2) is 65.9 Å². The van der Waals surface area contributed by atoms with Crippen LogP contribution in [0.25, 0.3) is 0 Å². The first-order chi connectivity index (χ1) is 16.5. The van der Waals surface area contributed by atoms with Gasteiger partial charge < -0.3 is 19.9 Å². The molecule has 2 heterocycles. The van der Waals surface area contributed by atoms with Crippen LogP contribution in [0.15, 0.2) is 21.7 Å². The smallest absolute Gasteiger partial charge is 0.418 e. The third kappa shape index (κ3) is 6.25. The highest BCUT2D eigenvalue weighted by Crippen LogP contribution is 2.67. The summed E-state index contributed by atoms with van der Waals surface area (Å²) in [5, 5.41) is 0.328. The van der Waals surface area contributed by atoms with Crippen LogP contribution in [0.5, 0.6) is 5.88 Å². The molecule has 2 N–H and O–H groups in total. The van der Waals surface area contributed by atoms with E-state index in [1.54, 1.807) is 34.1 Å². The van der Waals surface area contributed by atoms with Gasteiger partial charge in [0, 0.05) is 36.8 Å². The summed E-state index contributed by atoms with van der Waals surface area (Å²) in [6.45, 7) is 14.6. The van der Waals surface area contributed by atoms with Gasteiger partial charge in [0.15, 0.2) is 5.17 Å². The molecule has 36 heavy (non-hydrogen) atoms. The van der Waals surface area contributed by atoms with Crippen molar-refractivity contribution in [2.24, 2.45) is 16.6 Å². The number of amides is 2. The Kier molecular flexibility index (Phi) is 8.25. The number of hydrogen-bond donors (Lipinski definition) is 1. The molecule has 200 valence electrons. The first kappa shape index (κ1) is 28.9. The van der Waals surface area contributed by atoms with Crippen molar-refractivity contribution in [3.05, 3.63) is 22.3 Å². The Balaban J connectivity index is 2.05. The molecule has 1 aromatic rings. The summed E-state index contributed by atoms with van der Waals surface area (Å²) in [5.74, 6) is -0.229. The van der Waals surface area contributed by atoms with Crippen LogP contribution < -0.4 is 10.5 Å². The molecule has 1 aromatic heterocycles. The molecule has 9 nitrogen and oxygen atoms in total. The van der Waals surface area contributed by atoms with Crippen LogP contribution >= 0.6 is 27.7 Å². The number of carbonyl (C=O) groups excluding carboxylic acids is 2. The van der Waals surface area contributed by atoms with E-state index in [2.05, 4.69) is 40.6 Å². The number of ether oxygens (including phenoxy) is 3. The van der Waals surface area contributed by atoms with Crippen molar-refractivity contribution < 1.29 is 23.8 Å². The quantitative estimate of drug-likeness (QED) is 0.254. The van der Waals surface area contributed by atoms with E-state index in [-0.39, 0.29) is 12.6 Å². The van der Waals surface area contributed by atoms with Gasteiger partial charge in [-0.3, -0.25) is 9.79 Å². The van der Waals surface area contributed by atoms with E-state index < -0.39 is 36.0 Å². The Morgan fingerprint density at radius 3 is 2.56 bits per heavy atom. The molecule has 2 aliphatic rings. The lowest BCUT2D eigenvalue weighted by Gasteiger charge is -2.37. The van der Waals surface area contributed by atoms with Crippen molar-refractivity contribution in [1.82, 2.24) is 9.88 Å². The van der Waals surface area contributed by atoms with Crippen molar-refractivity contribution in [2.45, 2.75) is 75.7 Å². The first-order valence-corrected chi connectivity index (χ1v) is 17.2. The van der Waals surface area contributed by atoms with Crippen LogP contribution in [0.4, 0.5) is 4.79 Å². The monoisotopic (exact) mass is 600 g/mol. The highest BCUT2D eigenvalue weighted by molar-refractivity contribution is 9.10. The summed E-state index contributed by atoms with van der Waals surface area (Å²) in [6.07, 6.45) is 1.56. The van der Waals surface area contributed by atoms with Crippen molar-refractivity contribution >= 4 is 52.9 Å². The van der Waals surface area contributed by atoms with Gasteiger partial charge >= 0.3 is 6.09 Å². The number of thioether (sulfide) groups is 1.